The molecule has 3 saturated carbocycles. The first-order valence-electron chi connectivity index (χ1n) is 10.9. The van der Waals surface area contributed by atoms with Gasteiger partial charge in [0.1, 0.15) is 0 Å². The number of rotatable bonds is 3. The lowest BCUT2D eigenvalue weighted by molar-refractivity contribution is -0.0162. The van der Waals surface area contributed by atoms with Crippen molar-refractivity contribution in [2.24, 2.45) is 40.4 Å². The van der Waals surface area contributed by atoms with Crippen LogP contribution in [0.2, 0.25) is 0 Å². The SMILES string of the molecule is C[C@H](CCO)C1CCC2C3CCC4C[C@H](O)CC[C@]4(C)C3=CC[C@@]21C. The molecule has 0 bridgehead atoms. The second kappa shape index (κ2) is 6.37. The third kappa shape index (κ3) is 2.65. The lowest BCUT2D eigenvalue weighted by atomic mass is 9.48. The van der Waals surface area contributed by atoms with Crippen molar-refractivity contribution < 1.29 is 10.2 Å². The van der Waals surface area contributed by atoms with Gasteiger partial charge in [0.25, 0.3) is 0 Å². The van der Waals surface area contributed by atoms with Crippen molar-refractivity contribution in [2.45, 2.75) is 84.7 Å². The molecule has 0 aromatic rings. The maximum absolute atomic E-state index is 10.2. The van der Waals surface area contributed by atoms with Gasteiger partial charge in [-0.05, 0) is 98.2 Å². The van der Waals surface area contributed by atoms with Crippen LogP contribution in [0.25, 0.3) is 0 Å². The highest BCUT2D eigenvalue weighted by atomic mass is 16.3. The smallest absolute Gasteiger partial charge is 0.0543 e. The van der Waals surface area contributed by atoms with Gasteiger partial charge in [0.05, 0.1) is 6.10 Å². The van der Waals surface area contributed by atoms with Crippen LogP contribution in [0, 0.1) is 40.4 Å². The minimum Gasteiger partial charge on any atom is -0.396 e. The Morgan fingerprint density at radius 2 is 1.96 bits per heavy atom. The topological polar surface area (TPSA) is 40.5 Å². The molecule has 4 rings (SSSR count). The highest BCUT2D eigenvalue weighted by Gasteiger charge is 2.57. The second-order valence-corrected chi connectivity index (χ2v) is 10.4. The number of allylic oxidation sites excluding steroid dienone is 2. The molecule has 0 aliphatic heterocycles. The highest BCUT2D eigenvalue weighted by Crippen LogP contribution is 2.66. The van der Waals surface area contributed by atoms with E-state index in [1.807, 2.05) is 0 Å². The third-order valence-corrected chi connectivity index (χ3v) is 9.34. The van der Waals surface area contributed by atoms with Crippen molar-refractivity contribution in [2.75, 3.05) is 6.61 Å². The van der Waals surface area contributed by atoms with Gasteiger partial charge in [0.2, 0.25) is 0 Å². The molecule has 142 valence electrons. The van der Waals surface area contributed by atoms with Gasteiger partial charge in [0.15, 0.2) is 0 Å². The summed E-state index contributed by atoms with van der Waals surface area (Å²) in [6, 6.07) is 0. The molecule has 2 nitrogen and oxygen atoms in total. The second-order valence-electron chi connectivity index (χ2n) is 10.4. The van der Waals surface area contributed by atoms with Gasteiger partial charge in [-0.1, -0.05) is 32.4 Å². The minimum atomic E-state index is -0.0562. The lowest BCUT2D eigenvalue weighted by Crippen LogP contribution is -2.48. The Kier molecular flexibility index (Phi) is 4.60. The molecule has 4 unspecified atom stereocenters. The van der Waals surface area contributed by atoms with Gasteiger partial charge in [0, 0.05) is 6.61 Å². The van der Waals surface area contributed by atoms with E-state index in [0.29, 0.717) is 29.3 Å². The number of fused-ring (bicyclic) bond motifs is 5. The fourth-order valence-electron chi connectivity index (χ4n) is 7.88. The maximum Gasteiger partial charge on any atom is 0.0543 e. The first-order chi connectivity index (χ1) is 11.9. The summed E-state index contributed by atoms with van der Waals surface area (Å²) in [7, 11) is 0. The number of aliphatic hydroxyl groups is 2. The monoisotopic (exact) mass is 346 g/mol. The molecule has 8 atom stereocenters. The van der Waals surface area contributed by atoms with Crippen molar-refractivity contribution in [1.29, 1.82) is 0 Å². The molecule has 0 aromatic carbocycles. The van der Waals surface area contributed by atoms with E-state index in [1.165, 1.54) is 38.5 Å². The van der Waals surface area contributed by atoms with Crippen molar-refractivity contribution in [3.05, 3.63) is 11.6 Å². The Balaban J connectivity index is 1.62. The molecule has 0 radical (unpaired) electrons. The summed E-state index contributed by atoms with van der Waals surface area (Å²) in [6.45, 7) is 7.79. The Labute approximate surface area is 154 Å². The fraction of sp³-hybridized carbons (Fsp3) is 0.913. The molecule has 4 aliphatic carbocycles. The van der Waals surface area contributed by atoms with E-state index in [9.17, 15) is 10.2 Å². The molecule has 0 amide bonds. The van der Waals surface area contributed by atoms with Crippen molar-refractivity contribution >= 4 is 0 Å². The van der Waals surface area contributed by atoms with E-state index in [0.717, 1.165) is 37.0 Å². The quantitative estimate of drug-likeness (QED) is 0.710. The zero-order valence-electron chi connectivity index (χ0n) is 16.5. The van der Waals surface area contributed by atoms with Crippen LogP contribution in [-0.4, -0.2) is 22.9 Å². The zero-order valence-corrected chi connectivity index (χ0v) is 16.5. The highest BCUT2D eigenvalue weighted by molar-refractivity contribution is 5.29. The first-order valence-corrected chi connectivity index (χ1v) is 10.9. The largest absolute Gasteiger partial charge is 0.396 e. The number of hydrogen-bond acceptors (Lipinski definition) is 2. The van der Waals surface area contributed by atoms with Gasteiger partial charge >= 0.3 is 0 Å². The summed E-state index contributed by atoms with van der Waals surface area (Å²) in [5.74, 6) is 3.77. The number of hydrogen-bond donors (Lipinski definition) is 2. The van der Waals surface area contributed by atoms with Crippen molar-refractivity contribution in [3.8, 4) is 0 Å². The molecule has 2 heteroatoms. The molecule has 3 fully saturated rings. The van der Waals surface area contributed by atoms with E-state index in [2.05, 4.69) is 26.8 Å². The van der Waals surface area contributed by atoms with Gasteiger partial charge in [-0.15, -0.1) is 0 Å². The van der Waals surface area contributed by atoms with Crippen molar-refractivity contribution in [3.63, 3.8) is 0 Å². The minimum absolute atomic E-state index is 0.0562. The zero-order chi connectivity index (χ0) is 17.8. The molecule has 0 aromatic heterocycles. The van der Waals surface area contributed by atoms with Gasteiger partial charge in [-0.3, -0.25) is 0 Å². The lowest BCUT2D eigenvalue weighted by Gasteiger charge is -2.57. The van der Waals surface area contributed by atoms with Crippen molar-refractivity contribution in [1.82, 2.24) is 0 Å². The van der Waals surface area contributed by atoms with Crippen LogP contribution >= 0.6 is 0 Å². The van der Waals surface area contributed by atoms with Gasteiger partial charge in [-0.25, -0.2) is 0 Å². The Morgan fingerprint density at radius 3 is 2.72 bits per heavy atom. The Bertz CT molecular complexity index is 540. The Hall–Kier alpha value is -0.340. The van der Waals surface area contributed by atoms with E-state index in [-0.39, 0.29) is 6.10 Å². The molecule has 4 aliphatic rings. The molecular weight excluding hydrogens is 308 g/mol. The van der Waals surface area contributed by atoms with E-state index < -0.39 is 0 Å². The average molecular weight is 347 g/mol. The molecule has 0 spiro atoms. The number of aliphatic hydroxyl groups excluding tert-OH is 2. The summed E-state index contributed by atoms with van der Waals surface area (Å²) in [5, 5.41) is 19.6. The van der Waals surface area contributed by atoms with Gasteiger partial charge < -0.3 is 10.2 Å². The predicted octanol–water partition coefficient (Wildman–Crippen LogP) is 4.94. The van der Waals surface area contributed by atoms with Crippen LogP contribution in [0.5, 0.6) is 0 Å². The average Bonchev–Trinajstić information content (AvgIpc) is 2.93. The summed E-state index contributed by atoms with van der Waals surface area (Å²) < 4.78 is 0. The predicted molar refractivity (Wildman–Crippen MR) is 102 cm³/mol. The van der Waals surface area contributed by atoms with E-state index in [1.54, 1.807) is 5.57 Å². The maximum atomic E-state index is 10.2. The summed E-state index contributed by atoms with van der Waals surface area (Å²) >= 11 is 0. The standard InChI is InChI=1S/C23H38O2/c1-15(10-13-24)19-6-7-20-18-5-4-16-14-17(25)8-11-22(16,2)21(18)9-12-23(19,20)3/h9,15-20,24-25H,4-8,10-14H2,1-3H3/t15-,16?,17-,18?,19?,20?,22+,23-/m1/s1. The summed E-state index contributed by atoms with van der Waals surface area (Å²) in [6.07, 6.45) is 13.4. The van der Waals surface area contributed by atoms with Crippen LogP contribution in [0.15, 0.2) is 11.6 Å². The molecule has 25 heavy (non-hydrogen) atoms. The normalized spacial score (nSPS) is 50.4. The van der Waals surface area contributed by atoms with Gasteiger partial charge in [-0.2, -0.15) is 0 Å². The molecule has 2 N–H and O–H groups in total. The summed E-state index contributed by atoms with van der Waals surface area (Å²) in [4.78, 5) is 0. The third-order valence-electron chi connectivity index (χ3n) is 9.34. The van der Waals surface area contributed by atoms with Crippen LogP contribution in [0.3, 0.4) is 0 Å². The van der Waals surface area contributed by atoms with Crippen LogP contribution in [0.1, 0.15) is 78.6 Å². The molecular formula is C23H38O2. The first kappa shape index (κ1) is 18.0. The van der Waals surface area contributed by atoms with Crippen LogP contribution in [0.4, 0.5) is 0 Å². The van der Waals surface area contributed by atoms with Crippen LogP contribution < -0.4 is 0 Å². The fourth-order valence-corrected chi connectivity index (χ4v) is 7.88. The van der Waals surface area contributed by atoms with Crippen LogP contribution in [-0.2, 0) is 0 Å². The van der Waals surface area contributed by atoms with E-state index >= 15 is 0 Å². The summed E-state index contributed by atoms with van der Waals surface area (Å²) in [5.41, 5.74) is 2.59. The molecule has 0 heterocycles. The van der Waals surface area contributed by atoms with E-state index in [4.69, 9.17) is 0 Å². The molecule has 0 saturated heterocycles. The Morgan fingerprint density at radius 1 is 1.16 bits per heavy atom.